The van der Waals surface area contributed by atoms with E-state index < -0.39 is 32.7 Å². The maximum atomic E-state index is 13.0. The molecular formula is C29H42N2O9S2. The number of rotatable bonds is 18. The Morgan fingerprint density at radius 1 is 1.02 bits per heavy atom. The average molecular weight is 627 g/mol. The molecule has 2 amide bonds. The Morgan fingerprint density at radius 2 is 1.74 bits per heavy atom. The van der Waals surface area contributed by atoms with Crippen LogP contribution in [0.25, 0.3) is 0 Å². The van der Waals surface area contributed by atoms with Gasteiger partial charge in [0.25, 0.3) is 0 Å². The van der Waals surface area contributed by atoms with Gasteiger partial charge >= 0.3 is 16.1 Å². The quantitative estimate of drug-likeness (QED) is 0.183. The number of carbonyl (C=O) groups is 3. The van der Waals surface area contributed by atoms with Crippen molar-refractivity contribution in [2.24, 2.45) is 0 Å². The van der Waals surface area contributed by atoms with Crippen molar-refractivity contribution in [2.75, 3.05) is 43.3 Å². The SMILES string of the molecule is CCCCS(C)(CCC(=O)Nc1cccc(OCCC(OC)OC(=O)CNC(C)=O)c1)OS(=O)(=O)c1ccc(C)cc1. The van der Waals surface area contributed by atoms with Gasteiger partial charge in [-0.1, -0.05) is 37.1 Å². The van der Waals surface area contributed by atoms with E-state index in [1.165, 1.54) is 26.2 Å². The van der Waals surface area contributed by atoms with Crippen molar-refractivity contribution < 1.29 is 40.6 Å². The smallest absolute Gasteiger partial charge is 0.327 e. The van der Waals surface area contributed by atoms with Gasteiger partial charge in [0.15, 0.2) is 0 Å². The van der Waals surface area contributed by atoms with Crippen LogP contribution in [0.3, 0.4) is 0 Å². The van der Waals surface area contributed by atoms with E-state index in [2.05, 4.69) is 10.6 Å². The fourth-order valence-electron chi connectivity index (χ4n) is 3.66. The third kappa shape index (κ3) is 12.8. The number of aryl methyl sites for hydroxylation is 1. The standard InChI is InChI=1S/C29H42N2O9S2/c1-6-7-18-41(5,40-42(35,36)26-13-11-22(2)12-14-26)19-16-27(33)31-24-9-8-10-25(20-24)38-17-15-29(37-4)39-28(34)21-30-23(3)32/h8-14,20,29H,6-7,15-19,21H2,1-5H3,(H,30,32)(H,31,33). The summed E-state index contributed by atoms with van der Waals surface area (Å²) in [6, 6.07) is 13.3. The zero-order chi connectivity index (χ0) is 31.2. The predicted molar refractivity (Wildman–Crippen MR) is 163 cm³/mol. The number of carbonyl (C=O) groups excluding carboxylic acids is 3. The topological polar surface area (TPSA) is 146 Å². The molecule has 0 aliphatic carbocycles. The predicted octanol–water partition coefficient (Wildman–Crippen LogP) is 4.30. The van der Waals surface area contributed by atoms with Gasteiger partial charge < -0.3 is 24.8 Å². The van der Waals surface area contributed by atoms with E-state index in [-0.39, 0.29) is 42.7 Å². The van der Waals surface area contributed by atoms with Crippen LogP contribution in [0.15, 0.2) is 53.4 Å². The highest BCUT2D eigenvalue weighted by Crippen LogP contribution is 2.49. The van der Waals surface area contributed by atoms with Crippen LogP contribution in [0.1, 0.15) is 45.1 Å². The van der Waals surface area contributed by atoms with Crippen LogP contribution in [0.5, 0.6) is 5.75 Å². The molecule has 13 heteroatoms. The minimum Gasteiger partial charge on any atom is -0.493 e. The zero-order valence-corrected chi connectivity index (χ0v) is 26.5. The molecule has 0 aliphatic heterocycles. The van der Waals surface area contributed by atoms with E-state index in [1.807, 2.05) is 13.8 Å². The molecule has 2 atom stereocenters. The van der Waals surface area contributed by atoms with E-state index in [9.17, 15) is 22.8 Å². The third-order valence-electron chi connectivity index (χ3n) is 6.00. The summed E-state index contributed by atoms with van der Waals surface area (Å²) in [6.07, 6.45) is 2.94. The number of nitrogens with one attached hydrogen (secondary N) is 2. The number of anilines is 1. The molecule has 0 fully saturated rings. The van der Waals surface area contributed by atoms with E-state index in [1.54, 1.807) is 42.7 Å². The fraction of sp³-hybridized carbons (Fsp3) is 0.483. The fourth-order valence-corrected chi connectivity index (χ4v) is 8.44. The van der Waals surface area contributed by atoms with Gasteiger partial charge in [-0.2, -0.15) is 8.42 Å². The van der Waals surface area contributed by atoms with Gasteiger partial charge in [0.1, 0.15) is 12.3 Å². The number of ether oxygens (including phenoxy) is 3. The van der Waals surface area contributed by atoms with Crippen molar-refractivity contribution in [1.29, 1.82) is 0 Å². The number of amides is 2. The number of hydrogen-bond acceptors (Lipinski definition) is 9. The van der Waals surface area contributed by atoms with Crippen LogP contribution in [0, 0.1) is 6.92 Å². The molecule has 42 heavy (non-hydrogen) atoms. The Balaban J connectivity index is 1.92. The highest BCUT2D eigenvalue weighted by Gasteiger charge is 2.29. The van der Waals surface area contributed by atoms with E-state index in [0.717, 1.165) is 18.4 Å². The highest BCUT2D eigenvalue weighted by atomic mass is 32.3. The van der Waals surface area contributed by atoms with Crippen molar-refractivity contribution in [3.8, 4) is 5.75 Å². The normalized spacial score (nSPS) is 14.2. The molecule has 0 saturated heterocycles. The molecular weight excluding hydrogens is 584 g/mol. The van der Waals surface area contributed by atoms with Crippen molar-refractivity contribution >= 4 is 43.9 Å². The van der Waals surface area contributed by atoms with Gasteiger partial charge in [-0.05, 0) is 43.9 Å². The molecule has 234 valence electrons. The lowest BCUT2D eigenvalue weighted by molar-refractivity contribution is -0.174. The molecule has 0 saturated carbocycles. The second kappa shape index (κ2) is 17.1. The lowest BCUT2D eigenvalue weighted by Crippen LogP contribution is -2.32. The third-order valence-corrected chi connectivity index (χ3v) is 11.1. The largest absolute Gasteiger partial charge is 0.493 e. The molecule has 2 N–H and O–H groups in total. The minimum atomic E-state index is -3.97. The monoisotopic (exact) mass is 626 g/mol. The summed E-state index contributed by atoms with van der Waals surface area (Å²) in [5.41, 5.74) is 1.46. The molecule has 0 bridgehead atoms. The first-order chi connectivity index (χ1) is 19.9. The lowest BCUT2D eigenvalue weighted by atomic mass is 10.2. The molecule has 2 unspecified atom stereocenters. The summed E-state index contributed by atoms with van der Waals surface area (Å²) in [5.74, 6) is 0.0902. The molecule has 2 rings (SSSR count). The summed E-state index contributed by atoms with van der Waals surface area (Å²) in [5, 5.41) is 5.19. The molecule has 0 aromatic heterocycles. The molecule has 0 aliphatic rings. The molecule has 11 nitrogen and oxygen atoms in total. The van der Waals surface area contributed by atoms with Gasteiger partial charge in [0, 0.05) is 50.1 Å². The molecule has 0 spiro atoms. The number of esters is 1. The van der Waals surface area contributed by atoms with Gasteiger partial charge in [0.2, 0.25) is 18.1 Å². The van der Waals surface area contributed by atoms with Crippen LogP contribution in [0.4, 0.5) is 5.69 Å². The van der Waals surface area contributed by atoms with Crippen molar-refractivity contribution in [3.05, 3.63) is 54.1 Å². The Morgan fingerprint density at radius 3 is 2.38 bits per heavy atom. The Bertz CT molecular complexity index is 1290. The average Bonchev–Trinajstić information content (AvgIpc) is 2.93. The first-order valence-electron chi connectivity index (χ1n) is 13.6. The Labute approximate surface area is 250 Å². The first kappa shape index (κ1) is 35.1. The van der Waals surface area contributed by atoms with Crippen molar-refractivity contribution in [3.63, 3.8) is 0 Å². The number of hydrogen-bond donors (Lipinski definition) is 2. The molecule has 0 radical (unpaired) electrons. The lowest BCUT2D eigenvalue weighted by Gasteiger charge is -2.34. The van der Waals surface area contributed by atoms with Gasteiger partial charge in [-0.25, -0.2) is 3.63 Å². The van der Waals surface area contributed by atoms with Crippen LogP contribution in [-0.4, -0.2) is 70.5 Å². The van der Waals surface area contributed by atoms with Crippen LogP contribution < -0.4 is 15.4 Å². The van der Waals surface area contributed by atoms with Crippen molar-refractivity contribution in [2.45, 2.75) is 57.6 Å². The summed E-state index contributed by atoms with van der Waals surface area (Å²) in [4.78, 5) is 35.6. The Kier molecular flexibility index (Phi) is 14.3. The van der Waals surface area contributed by atoms with Crippen LogP contribution >= 0.6 is 10.3 Å². The minimum absolute atomic E-state index is 0.0867. The maximum absolute atomic E-state index is 13.0. The number of benzene rings is 2. The van der Waals surface area contributed by atoms with Gasteiger partial charge in [-0.15, -0.1) is 10.3 Å². The second-order valence-electron chi connectivity index (χ2n) is 9.81. The van der Waals surface area contributed by atoms with Crippen LogP contribution in [0.2, 0.25) is 0 Å². The summed E-state index contributed by atoms with van der Waals surface area (Å²) in [7, 11) is -4.67. The number of methoxy groups -OCH3 is 1. The molecule has 2 aromatic carbocycles. The van der Waals surface area contributed by atoms with E-state index >= 15 is 0 Å². The molecule has 0 heterocycles. The highest BCUT2D eigenvalue weighted by molar-refractivity contribution is 8.32. The summed E-state index contributed by atoms with van der Waals surface area (Å²) in [6.45, 7) is 5.10. The second-order valence-corrected chi connectivity index (χ2v) is 14.9. The van der Waals surface area contributed by atoms with Crippen molar-refractivity contribution in [1.82, 2.24) is 5.32 Å². The van der Waals surface area contributed by atoms with E-state index in [0.29, 0.717) is 22.9 Å². The molecule has 2 aromatic rings. The van der Waals surface area contributed by atoms with E-state index in [4.69, 9.17) is 17.8 Å². The summed E-state index contributed by atoms with van der Waals surface area (Å²) < 4.78 is 47.8. The van der Waals surface area contributed by atoms with Gasteiger partial charge in [0.05, 0.1) is 11.5 Å². The van der Waals surface area contributed by atoms with Gasteiger partial charge in [-0.3, -0.25) is 14.4 Å². The Hall–Kier alpha value is -3.13. The zero-order valence-electron chi connectivity index (χ0n) is 24.8. The maximum Gasteiger partial charge on any atom is 0.327 e. The number of unbranched alkanes of at least 4 members (excludes halogenated alkanes) is 1. The first-order valence-corrected chi connectivity index (χ1v) is 17.3. The summed E-state index contributed by atoms with van der Waals surface area (Å²) >= 11 is 0. The van der Waals surface area contributed by atoms with Crippen LogP contribution in [-0.2, 0) is 37.6 Å².